The van der Waals surface area contributed by atoms with Gasteiger partial charge in [-0.1, -0.05) is 0 Å². The Labute approximate surface area is 60.8 Å². The number of nitrogens with zero attached hydrogens (tertiary/aromatic N) is 1. The highest BCUT2D eigenvalue weighted by Crippen LogP contribution is 2.13. The van der Waals surface area contributed by atoms with Crippen LogP contribution in [0.4, 0.5) is 4.39 Å². The zero-order chi connectivity index (χ0) is 8.27. The number of carboxylic acid groups (broad SMARTS) is 1. The zero-order valence-corrected chi connectivity index (χ0v) is 5.37. The van der Waals surface area contributed by atoms with Crippen molar-refractivity contribution in [1.29, 1.82) is 0 Å². The van der Waals surface area contributed by atoms with Crippen LogP contribution in [0.2, 0.25) is 0 Å². The Kier molecular flexibility index (Phi) is 2.05. The van der Waals surface area contributed by atoms with Crippen molar-refractivity contribution in [3.63, 3.8) is 0 Å². The van der Waals surface area contributed by atoms with Gasteiger partial charge in [-0.3, -0.25) is 5.10 Å². The van der Waals surface area contributed by atoms with Crippen LogP contribution in [0.25, 0.3) is 0 Å². The molecule has 0 radical (unpaired) electrons. The second-order valence-corrected chi connectivity index (χ2v) is 1.67. The minimum Gasteiger partial charge on any atom is -0.476 e. The molecular weight excluding hydrogens is 155 g/mol. The van der Waals surface area contributed by atoms with Crippen LogP contribution < -0.4 is 4.74 Å². The van der Waals surface area contributed by atoms with E-state index in [0.717, 1.165) is 6.20 Å². The van der Waals surface area contributed by atoms with Crippen LogP contribution in [0.1, 0.15) is 10.5 Å². The Morgan fingerprint density at radius 1 is 1.91 bits per heavy atom. The topological polar surface area (TPSA) is 75.2 Å². The molecular formula is C5H5FN2O3. The van der Waals surface area contributed by atoms with Crippen molar-refractivity contribution in [2.45, 2.75) is 0 Å². The van der Waals surface area contributed by atoms with Gasteiger partial charge in [-0.25, -0.2) is 9.18 Å². The van der Waals surface area contributed by atoms with Crippen molar-refractivity contribution in [1.82, 2.24) is 10.2 Å². The highest BCUT2D eigenvalue weighted by Gasteiger charge is 2.12. The van der Waals surface area contributed by atoms with Gasteiger partial charge in [-0.2, -0.15) is 5.10 Å². The predicted octanol–water partition coefficient (Wildman–Crippen LogP) is 0.414. The molecule has 0 saturated heterocycles. The van der Waals surface area contributed by atoms with E-state index in [0.29, 0.717) is 0 Å². The molecule has 0 amide bonds. The summed E-state index contributed by atoms with van der Waals surface area (Å²) < 4.78 is 15.8. The largest absolute Gasteiger partial charge is 0.476 e. The maximum absolute atomic E-state index is 11.5. The Hall–Kier alpha value is -1.59. The highest BCUT2D eigenvalue weighted by molar-refractivity contribution is 5.88. The van der Waals surface area contributed by atoms with Crippen LogP contribution in [0.3, 0.4) is 0 Å². The standard InChI is InChI=1S/C5H5FN2O3/c6-2-11-3-1-7-8-4(3)5(9)10/h1H,2H2,(H,7,8)(H,9,10). The lowest BCUT2D eigenvalue weighted by molar-refractivity contribution is 0.0683. The van der Waals surface area contributed by atoms with Crippen molar-refractivity contribution in [2.75, 3.05) is 6.86 Å². The molecule has 0 fully saturated rings. The molecule has 1 heterocycles. The molecule has 0 atom stereocenters. The van der Waals surface area contributed by atoms with E-state index in [-0.39, 0.29) is 11.4 Å². The molecule has 0 spiro atoms. The number of halogens is 1. The van der Waals surface area contributed by atoms with Crippen LogP contribution in [-0.2, 0) is 0 Å². The summed E-state index contributed by atoms with van der Waals surface area (Å²) in [5.74, 6) is -1.33. The van der Waals surface area contributed by atoms with Gasteiger partial charge in [0.15, 0.2) is 11.4 Å². The van der Waals surface area contributed by atoms with Gasteiger partial charge in [-0.15, -0.1) is 0 Å². The fourth-order valence-corrected chi connectivity index (χ4v) is 0.597. The predicted molar refractivity (Wildman–Crippen MR) is 32.1 cm³/mol. The minimum atomic E-state index is -1.23. The molecule has 0 saturated carbocycles. The maximum Gasteiger partial charge on any atom is 0.357 e. The summed E-state index contributed by atoms with van der Waals surface area (Å²) in [4.78, 5) is 10.3. The number of nitrogens with one attached hydrogen (secondary N) is 1. The second-order valence-electron chi connectivity index (χ2n) is 1.67. The van der Waals surface area contributed by atoms with E-state index in [1.807, 2.05) is 0 Å². The van der Waals surface area contributed by atoms with Gasteiger partial charge < -0.3 is 9.84 Å². The Balaban J connectivity index is 2.87. The number of aromatic nitrogens is 2. The lowest BCUT2D eigenvalue weighted by Crippen LogP contribution is -2.00. The molecule has 0 unspecified atom stereocenters. The Morgan fingerprint density at radius 2 is 2.64 bits per heavy atom. The molecule has 11 heavy (non-hydrogen) atoms. The van der Waals surface area contributed by atoms with Gasteiger partial charge in [0.05, 0.1) is 6.20 Å². The second kappa shape index (κ2) is 3.00. The van der Waals surface area contributed by atoms with Crippen molar-refractivity contribution >= 4 is 5.97 Å². The summed E-state index contributed by atoms with van der Waals surface area (Å²) in [6.45, 7) is -1.07. The van der Waals surface area contributed by atoms with E-state index in [4.69, 9.17) is 5.11 Å². The van der Waals surface area contributed by atoms with Gasteiger partial charge in [0.25, 0.3) is 0 Å². The number of aromatic carboxylic acids is 1. The molecule has 0 aliphatic carbocycles. The van der Waals surface area contributed by atoms with Gasteiger partial charge in [0, 0.05) is 0 Å². The quantitative estimate of drug-likeness (QED) is 0.671. The number of carbonyl (C=O) groups is 1. The Bertz CT molecular complexity index is 260. The summed E-state index contributed by atoms with van der Waals surface area (Å²) in [5.41, 5.74) is -0.248. The van der Waals surface area contributed by atoms with Crippen LogP contribution in [0.5, 0.6) is 5.75 Å². The molecule has 2 N–H and O–H groups in total. The highest BCUT2D eigenvalue weighted by atomic mass is 19.1. The molecule has 60 valence electrons. The SMILES string of the molecule is O=C(O)c1[nH]ncc1OCF. The molecule has 6 heteroatoms. The number of rotatable bonds is 3. The summed E-state index contributed by atoms with van der Waals surface area (Å²) in [6.07, 6.45) is 1.10. The zero-order valence-electron chi connectivity index (χ0n) is 5.37. The van der Waals surface area contributed by atoms with Gasteiger partial charge in [0.1, 0.15) is 0 Å². The first kappa shape index (κ1) is 7.52. The van der Waals surface area contributed by atoms with E-state index < -0.39 is 12.8 Å². The first-order valence-electron chi connectivity index (χ1n) is 2.71. The third-order valence-electron chi connectivity index (χ3n) is 1.03. The molecule has 0 aliphatic rings. The van der Waals surface area contributed by atoms with E-state index in [9.17, 15) is 9.18 Å². The number of hydrogen-bond donors (Lipinski definition) is 2. The molecule has 5 nitrogen and oxygen atoms in total. The third-order valence-corrected chi connectivity index (χ3v) is 1.03. The molecule has 1 aromatic heterocycles. The first-order valence-corrected chi connectivity index (χ1v) is 2.71. The van der Waals surface area contributed by atoms with E-state index in [2.05, 4.69) is 14.9 Å². The number of carboxylic acids is 1. The molecule has 0 aliphatic heterocycles. The summed E-state index contributed by atoms with van der Waals surface area (Å²) in [6, 6.07) is 0. The minimum absolute atomic E-state index is 0.0972. The van der Waals surface area contributed by atoms with Gasteiger partial charge >= 0.3 is 5.97 Å². The lowest BCUT2D eigenvalue weighted by Gasteiger charge is -1.95. The lowest BCUT2D eigenvalue weighted by atomic mass is 10.4. The van der Waals surface area contributed by atoms with Crippen LogP contribution >= 0.6 is 0 Å². The van der Waals surface area contributed by atoms with E-state index in [1.165, 1.54) is 0 Å². The Morgan fingerprint density at radius 3 is 3.18 bits per heavy atom. The molecule has 1 aromatic rings. The van der Waals surface area contributed by atoms with E-state index in [1.54, 1.807) is 0 Å². The number of aromatic amines is 1. The normalized spacial score (nSPS) is 9.55. The van der Waals surface area contributed by atoms with E-state index >= 15 is 0 Å². The van der Waals surface area contributed by atoms with Crippen molar-refractivity contribution in [3.8, 4) is 5.75 Å². The number of alkyl halides is 1. The average molecular weight is 160 g/mol. The fourth-order valence-electron chi connectivity index (χ4n) is 0.597. The number of H-pyrrole nitrogens is 1. The fraction of sp³-hybridized carbons (Fsp3) is 0.200. The number of hydrogen-bond acceptors (Lipinski definition) is 3. The van der Waals surface area contributed by atoms with Crippen LogP contribution in [0, 0.1) is 0 Å². The maximum atomic E-state index is 11.5. The third kappa shape index (κ3) is 1.46. The smallest absolute Gasteiger partial charge is 0.357 e. The van der Waals surface area contributed by atoms with Crippen LogP contribution in [-0.4, -0.2) is 28.1 Å². The van der Waals surface area contributed by atoms with Crippen molar-refractivity contribution < 1.29 is 19.0 Å². The monoisotopic (exact) mass is 160 g/mol. The average Bonchev–Trinajstić information content (AvgIpc) is 2.36. The summed E-state index contributed by atoms with van der Waals surface area (Å²) >= 11 is 0. The van der Waals surface area contributed by atoms with Crippen molar-refractivity contribution in [2.24, 2.45) is 0 Å². The van der Waals surface area contributed by atoms with Crippen molar-refractivity contribution in [3.05, 3.63) is 11.9 Å². The summed E-state index contributed by atoms with van der Waals surface area (Å²) in [7, 11) is 0. The molecule has 0 bridgehead atoms. The number of ether oxygens (including phenoxy) is 1. The molecule has 1 rings (SSSR count). The summed E-state index contributed by atoms with van der Waals surface area (Å²) in [5, 5.41) is 13.9. The van der Waals surface area contributed by atoms with Gasteiger partial charge in [0.2, 0.25) is 6.86 Å². The first-order chi connectivity index (χ1) is 5.25. The van der Waals surface area contributed by atoms with Crippen LogP contribution in [0.15, 0.2) is 6.20 Å². The van der Waals surface area contributed by atoms with Gasteiger partial charge in [-0.05, 0) is 0 Å². The molecule has 0 aromatic carbocycles.